The molecule has 0 spiro atoms. The summed E-state index contributed by atoms with van der Waals surface area (Å²) < 4.78 is 0. The number of hydrogen-bond donors (Lipinski definition) is 2. The summed E-state index contributed by atoms with van der Waals surface area (Å²) in [6, 6.07) is 14.8. The van der Waals surface area contributed by atoms with Crippen LogP contribution in [-0.4, -0.2) is 11.6 Å². The van der Waals surface area contributed by atoms with Crippen molar-refractivity contribution in [3.05, 3.63) is 77.4 Å². The lowest BCUT2D eigenvalue weighted by molar-refractivity contribution is 0.525. The topological polar surface area (TPSA) is 52.0 Å². The van der Waals surface area contributed by atoms with Crippen molar-refractivity contribution in [1.29, 1.82) is 0 Å². The van der Waals surface area contributed by atoms with Crippen LogP contribution in [0.2, 0.25) is 0 Å². The summed E-state index contributed by atoms with van der Waals surface area (Å²) >= 11 is 0. The van der Waals surface area contributed by atoms with Crippen LogP contribution in [0.3, 0.4) is 0 Å². The fraction of sp³-hybridized carbons (Fsp3) is 0.238. The maximum atomic E-state index is 6.47. The van der Waals surface area contributed by atoms with E-state index in [0.29, 0.717) is 0 Å². The molecule has 0 aliphatic heterocycles. The van der Waals surface area contributed by atoms with Crippen molar-refractivity contribution < 1.29 is 0 Å². The molecule has 1 aliphatic rings. The first kappa shape index (κ1) is 15.7. The fourth-order valence-electron chi connectivity index (χ4n) is 3.25. The van der Waals surface area contributed by atoms with Crippen molar-refractivity contribution in [3.63, 3.8) is 0 Å². The predicted molar refractivity (Wildman–Crippen MR) is 99.0 cm³/mol. The number of rotatable bonds is 2. The molecule has 2 heteroatoms. The van der Waals surface area contributed by atoms with Gasteiger partial charge in [0.15, 0.2) is 0 Å². The Bertz CT molecular complexity index is 797. The zero-order valence-corrected chi connectivity index (χ0v) is 14.0. The van der Waals surface area contributed by atoms with Gasteiger partial charge in [-0.25, -0.2) is 0 Å². The first-order valence-electron chi connectivity index (χ1n) is 8.01. The van der Waals surface area contributed by atoms with Gasteiger partial charge in [0.25, 0.3) is 0 Å². The minimum Gasteiger partial charge on any atom is -0.322 e. The van der Waals surface area contributed by atoms with Gasteiger partial charge in [-0.15, -0.1) is 0 Å². The van der Waals surface area contributed by atoms with Crippen molar-refractivity contribution >= 4 is 5.57 Å². The number of allylic oxidation sites excluding steroid dienone is 2. The molecule has 0 bridgehead atoms. The van der Waals surface area contributed by atoms with E-state index in [4.69, 9.17) is 11.5 Å². The molecule has 0 saturated heterocycles. The van der Waals surface area contributed by atoms with Crippen LogP contribution in [0.4, 0.5) is 0 Å². The van der Waals surface area contributed by atoms with Gasteiger partial charge in [-0.1, -0.05) is 66.3 Å². The molecule has 0 heterocycles. The minimum absolute atomic E-state index is 0.224. The Kier molecular flexibility index (Phi) is 3.97. The Balaban J connectivity index is 2.21. The second kappa shape index (κ2) is 5.80. The van der Waals surface area contributed by atoms with Crippen LogP contribution in [0.25, 0.3) is 16.7 Å². The average Bonchev–Trinajstić information content (AvgIpc) is 2.50. The molecule has 0 saturated carbocycles. The molecule has 2 aromatic carbocycles. The number of hydrogen-bond acceptors (Lipinski definition) is 2. The molecule has 2 aromatic rings. The number of aryl methyl sites for hydroxylation is 2. The van der Waals surface area contributed by atoms with E-state index in [1.54, 1.807) is 0 Å². The van der Waals surface area contributed by atoms with E-state index in [0.717, 1.165) is 5.57 Å². The summed E-state index contributed by atoms with van der Waals surface area (Å²) in [7, 11) is 0. The van der Waals surface area contributed by atoms with E-state index in [1.165, 1.54) is 27.8 Å². The van der Waals surface area contributed by atoms with Crippen LogP contribution in [-0.2, 0) is 0 Å². The number of nitrogens with two attached hydrogens (primary N) is 2. The first-order chi connectivity index (χ1) is 10.9. The van der Waals surface area contributed by atoms with E-state index in [-0.39, 0.29) is 6.04 Å². The highest BCUT2D eigenvalue weighted by Gasteiger charge is 2.31. The molecule has 1 aliphatic carbocycles. The Hall–Kier alpha value is -2.16. The minimum atomic E-state index is -0.530. The molecule has 2 unspecified atom stereocenters. The third-order valence-corrected chi connectivity index (χ3v) is 4.63. The van der Waals surface area contributed by atoms with Gasteiger partial charge in [-0.05, 0) is 48.6 Å². The summed E-state index contributed by atoms with van der Waals surface area (Å²) in [4.78, 5) is 0. The maximum Gasteiger partial charge on any atom is 0.0517 e. The molecule has 23 heavy (non-hydrogen) atoms. The van der Waals surface area contributed by atoms with Gasteiger partial charge in [0.2, 0.25) is 0 Å². The molecule has 118 valence electrons. The first-order valence-corrected chi connectivity index (χ1v) is 8.01. The molecular formula is C21H24N2. The van der Waals surface area contributed by atoms with E-state index >= 15 is 0 Å². The largest absolute Gasteiger partial charge is 0.322 e. The second-order valence-corrected chi connectivity index (χ2v) is 6.69. The summed E-state index contributed by atoms with van der Waals surface area (Å²) in [6.45, 7) is 6.24. The van der Waals surface area contributed by atoms with Crippen LogP contribution >= 0.6 is 0 Å². The normalized spacial score (nSPS) is 23.7. The molecule has 0 amide bonds. The van der Waals surface area contributed by atoms with E-state index < -0.39 is 5.54 Å². The van der Waals surface area contributed by atoms with E-state index in [1.807, 2.05) is 19.1 Å². The summed E-state index contributed by atoms with van der Waals surface area (Å²) in [5.74, 6) is 0. The van der Waals surface area contributed by atoms with Gasteiger partial charge in [-0.3, -0.25) is 0 Å². The molecule has 0 fully saturated rings. The molecule has 3 rings (SSSR count). The lowest BCUT2D eigenvalue weighted by atomic mass is 9.78. The average molecular weight is 304 g/mol. The standard InChI is InChI=1S/C21H24N2/c1-14-7-4-9-16(13-14)19-15(2)8-5-10-17(19)18-11-6-12-21(3,23)20(18)22/h4-13,20H,22-23H2,1-3H3. The van der Waals surface area contributed by atoms with Gasteiger partial charge in [0.05, 0.1) is 11.6 Å². The van der Waals surface area contributed by atoms with Gasteiger partial charge in [-0.2, -0.15) is 0 Å². The summed E-state index contributed by atoms with van der Waals surface area (Å²) in [5, 5.41) is 0. The van der Waals surface area contributed by atoms with Crippen molar-refractivity contribution in [2.75, 3.05) is 0 Å². The summed E-state index contributed by atoms with van der Waals surface area (Å²) in [6.07, 6.45) is 6.08. The maximum absolute atomic E-state index is 6.47. The smallest absolute Gasteiger partial charge is 0.0517 e. The van der Waals surface area contributed by atoms with Crippen molar-refractivity contribution in [2.24, 2.45) is 11.5 Å². The zero-order valence-electron chi connectivity index (χ0n) is 14.0. The van der Waals surface area contributed by atoms with Crippen LogP contribution < -0.4 is 11.5 Å². The third kappa shape index (κ3) is 2.88. The van der Waals surface area contributed by atoms with Crippen molar-refractivity contribution in [3.8, 4) is 11.1 Å². The molecule has 0 radical (unpaired) electrons. The second-order valence-electron chi connectivity index (χ2n) is 6.69. The van der Waals surface area contributed by atoms with Crippen molar-refractivity contribution in [1.82, 2.24) is 0 Å². The number of benzene rings is 2. The molecule has 0 aromatic heterocycles. The van der Waals surface area contributed by atoms with Gasteiger partial charge in [0.1, 0.15) is 0 Å². The van der Waals surface area contributed by atoms with Gasteiger partial charge < -0.3 is 11.5 Å². The quantitative estimate of drug-likeness (QED) is 0.882. The van der Waals surface area contributed by atoms with Crippen molar-refractivity contribution in [2.45, 2.75) is 32.4 Å². The fourth-order valence-corrected chi connectivity index (χ4v) is 3.25. The van der Waals surface area contributed by atoms with E-state index in [9.17, 15) is 0 Å². The highest BCUT2D eigenvalue weighted by molar-refractivity contribution is 5.87. The molecule has 2 nitrogen and oxygen atoms in total. The third-order valence-electron chi connectivity index (χ3n) is 4.63. The zero-order chi connectivity index (χ0) is 16.6. The van der Waals surface area contributed by atoms with Crippen LogP contribution in [0.15, 0.2) is 60.7 Å². The molecule has 4 N–H and O–H groups in total. The Morgan fingerprint density at radius 1 is 1.04 bits per heavy atom. The van der Waals surface area contributed by atoms with Gasteiger partial charge >= 0.3 is 0 Å². The molecule has 2 atom stereocenters. The Morgan fingerprint density at radius 2 is 1.78 bits per heavy atom. The van der Waals surface area contributed by atoms with Crippen LogP contribution in [0.5, 0.6) is 0 Å². The van der Waals surface area contributed by atoms with E-state index in [2.05, 4.69) is 62.4 Å². The highest BCUT2D eigenvalue weighted by atomic mass is 14.8. The lowest BCUT2D eigenvalue weighted by Crippen LogP contribution is -2.52. The Labute approximate surface area is 138 Å². The predicted octanol–water partition coefficient (Wildman–Crippen LogP) is 3.97. The Morgan fingerprint density at radius 3 is 2.52 bits per heavy atom. The highest BCUT2D eigenvalue weighted by Crippen LogP contribution is 2.36. The van der Waals surface area contributed by atoms with Crippen LogP contribution in [0, 0.1) is 13.8 Å². The monoisotopic (exact) mass is 304 g/mol. The SMILES string of the molecule is Cc1cccc(-c2c(C)cccc2C2=CC=CC(C)(N)C2N)c1. The molecular weight excluding hydrogens is 280 g/mol. The van der Waals surface area contributed by atoms with Gasteiger partial charge in [0, 0.05) is 0 Å². The lowest BCUT2D eigenvalue weighted by Gasteiger charge is -2.34. The summed E-state index contributed by atoms with van der Waals surface area (Å²) in [5.41, 5.74) is 19.5. The van der Waals surface area contributed by atoms with Crippen LogP contribution in [0.1, 0.15) is 23.6 Å².